The molecule has 1 N–H and O–H groups in total. The Kier molecular flexibility index (Phi) is 6.77. The zero-order chi connectivity index (χ0) is 21.2. The monoisotopic (exact) mass is 400 g/mol. The van der Waals surface area contributed by atoms with Crippen molar-refractivity contribution in [3.05, 3.63) is 34.9 Å². The molecule has 0 heterocycles. The van der Waals surface area contributed by atoms with Gasteiger partial charge in [0.1, 0.15) is 6.61 Å². The molecule has 29 heavy (non-hydrogen) atoms. The molecule has 3 rings (SSSR count). The van der Waals surface area contributed by atoms with Gasteiger partial charge in [0.25, 0.3) is 0 Å². The number of benzene rings is 1. The first kappa shape index (κ1) is 22.3. The van der Waals surface area contributed by atoms with E-state index in [9.17, 15) is 9.90 Å². The summed E-state index contributed by atoms with van der Waals surface area (Å²) in [6.45, 7) is 11.2. The standard InChI is InChI=1S/C26H40O3/c1-6-7-9-21(27)17-29-24(28)26(5)15-8-14-25(4)22-12-10-19(18(2)3)16-20(22)11-13-23(25)26/h10,12,16,18,21,23,27H,6-9,11,13-15,17H2,1-5H3. The van der Waals surface area contributed by atoms with E-state index in [4.69, 9.17) is 4.74 Å². The summed E-state index contributed by atoms with van der Waals surface area (Å²) in [5.41, 5.74) is 3.88. The molecular formula is C26H40O3. The normalized spacial score (nSPS) is 29.8. The molecule has 0 aromatic heterocycles. The van der Waals surface area contributed by atoms with Crippen LogP contribution in [0.4, 0.5) is 0 Å². The highest BCUT2D eigenvalue weighted by atomic mass is 16.5. The second-order valence-electron chi connectivity index (χ2n) is 10.2. The van der Waals surface area contributed by atoms with Gasteiger partial charge in [0, 0.05) is 0 Å². The van der Waals surface area contributed by atoms with Gasteiger partial charge in [-0.1, -0.05) is 65.2 Å². The molecule has 0 aliphatic heterocycles. The predicted octanol–water partition coefficient (Wildman–Crippen LogP) is 5.91. The second kappa shape index (κ2) is 8.79. The van der Waals surface area contributed by atoms with Gasteiger partial charge < -0.3 is 9.84 Å². The van der Waals surface area contributed by atoms with Crippen molar-refractivity contribution in [2.75, 3.05) is 6.61 Å². The minimum atomic E-state index is -0.543. The molecule has 1 fully saturated rings. The SMILES string of the molecule is CCCCC(O)COC(=O)C1(C)CCCC2(C)c3ccc(C(C)C)cc3CCC12. The van der Waals surface area contributed by atoms with Crippen LogP contribution < -0.4 is 0 Å². The topological polar surface area (TPSA) is 46.5 Å². The van der Waals surface area contributed by atoms with Gasteiger partial charge in [0.05, 0.1) is 11.5 Å². The third-order valence-electron chi connectivity index (χ3n) is 7.81. The Morgan fingerprint density at radius 3 is 2.72 bits per heavy atom. The molecule has 1 aromatic carbocycles. The van der Waals surface area contributed by atoms with E-state index in [1.54, 1.807) is 0 Å². The van der Waals surface area contributed by atoms with Crippen LogP contribution in [-0.2, 0) is 21.4 Å². The molecule has 162 valence electrons. The summed E-state index contributed by atoms with van der Waals surface area (Å²) in [6, 6.07) is 7.02. The van der Waals surface area contributed by atoms with E-state index in [0.29, 0.717) is 18.3 Å². The number of aryl methyl sites for hydroxylation is 1. The summed E-state index contributed by atoms with van der Waals surface area (Å²) in [7, 11) is 0. The fourth-order valence-corrected chi connectivity index (χ4v) is 5.97. The lowest BCUT2D eigenvalue weighted by Gasteiger charge is -2.54. The quantitative estimate of drug-likeness (QED) is 0.578. The summed E-state index contributed by atoms with van der Waals surface area (Å²) >= 11 is 0. The molecule has 0 radical (unpaired) electrons. The molecule has 1 aromatic rings. The third-order valence-corrected chi connectivity index (χ3v) is 7.81. The third kappa shape index (κ3) is 4.26. The van der Waals surface area contributed by atoms with Gasteiger partial charge in [-0.3, -0.25) is 4.79 Å². The largest absolute Gasteiger partial charge is 0.463 e. The number of carbonyl (C=O) groups excluding carboxylic acids is 1. The Morgan fingerprint density at radius 2 is 2.03 bits per heavy atom. The number of ether oxygens (including phenoxy) is 1. The number of unbranched alkanes of at least 4 members (excludes halogenated alkanes) is 1. The fourth-order valence-electron chi connectivity index (χ4n) is 5.97. The predicted molar refractivity (Wildman–Crippen MR) is 118 cm³/mol. The maximum atomic E-state index is 13.2. The Balaban J connectivity index is 1.80. The number of fused-ring (bicyclic) bond motifs is 3. The summed E-state index contributed by atoms with van der Waals surface area (Å²) in [4.78, 5) is 13.2. The zero-order valence-corrected chi connectivity index (χ0v) is 19.1. The van der Waals surface area contributed by atoms with Crippen LogP contribution in [-0.4, -0.2) is 23.8 Å². The van der Waals surface area contributed by atoms with E-state index in [1.807, 2.05) is 0 Å². The molecular weight excluding hydrogens is 360 g/mol. The highest BCUT2D eigenvalue weighted by Gasteiger charge is 2.55. The lowest BCUT2D eigenvalue weighted by molar-refractivity contribution is -0.167. The van der Waals surface area contributed by atoms with Gasteiger partial charge in [-0.05, 0) is 73.0 Å². The highest BCUT2D eigenvalue weighted by Crippen LogP contribution is 2.57. The summed E-state index contributed by atoms with van der Waals surface area (Å²) < 4.78 is 5.69. The van der Waals surface area contributed by atoms with Crippen molar-refractivity contribution < 1.29 is 14.6 Å². The number of esters is 1. The van der Waals surface area contributed by atoms with Gasteiger partial charge in [0.2, 0.25) is 0 Å². The average Bonchev–Trinajstić information content (AvgIpc) is 2.69. The number of hydrogen-bond acceptors (Lipinski definition) is 3. The molecule has 3 nitrogen and oxygen atoms in total. The molecule has 0 saturated heterocycles. The smallest absolute Gasteiger partial charge is 0.312 e. The van der Waals surface area contributed by atoms with E-state index >= 15 is 0 Å². The van der Waals surface area contributed by atoms with Crippen molar-refractivity contribution in [3.8, 4) is 0 Å². The van der Waals surface area contributed by atoms with Gasteiger partial charge in [-0.2, -0.15) is 0 Å². The first-order valence-corrected chi connectivity index (χ1v) is 11.7. The van der Waals surface area contributed by atoms with Crippen molar-refractivity contribution in [2.45, 2.75) is 103 Å². The Morgan fingerprint density at radius 1 is 1.28 bits per heavy atom. The molecule has 2 aliphatic rings. The minimum Gasteiger partial charge on any atom is -0.463 e. The van der Waals surface area contributed by atoms with Crippen LogP contribution in [0, 0.1) is 11.3 Å². The number of aliphatic hydroxyl groups excluding tert-OH is 1. The molecule has 1 saturated carbocycles. The van der Waals surface area contributed by atoms with Gasteiger partial charge in [-0.15, -0.1) is 0 Å². The van der Waals surface area contributed by atoms with Gasteiger partial charge >= 0.3 is 5.97 Å². The second-order valence-corrected chi connectivity index (χ2v) is 10.2. The first-order valence-electron chi connectivity index (χ1n) is 11.7. The minimum absolute atomic E-state index is 0.0237. The van der Waals surface area contributed by atoms with Crippen LogP contribution >= 0.6 is 0 Å². The number of carbonyl (C=O) groups is 1. The molecule has 4 atom stereocenters. The zero-order valence-electron chi connectivity index (χ0n) is 19.1. The highest BCUT2D eigenvalue weighted by molar-refractivity contribution is 5.77. The Labute approximate surface area is 177 Å². The van der Waals surface area contributed by atoms with Crippen LogP contribution in [0.25, 0.3) is 0 Å². The van der Waals surface area contributed by atoms with Crippen LogP contribution in [0.1, 0.15) is 102 Å². The Hall–Kier alpha value is -1.35. The van der Waals surface area contributed by atoms with E-state index in [1.165, 1.54) is 16.7 Å². The summed E-state index contributed by atoms with van der Waals surface area (Å²) in [5.74, 6) is 0.726. The van der Waals surface area contributed by atoms with Crippen LogP contribution in [0.3, 0.4) is 0 Å². The van der Waals surface area contributed by atoms with Gasteiger partial charge in [-0.25, -0.2) is 0 Å². The fraction of sp³-hybridized carbons (Fsp3) is 0.731. The summed E-state index contributed by atoms with van der Waals surface area (Å²) in [6.07, 6.45) is 7.30. The number of hydrogen-bond donors (Lipinski definition) is 1. The molecule has 0 spiro atoms. The molecule has 0 amide bonds. The maximum absolute atomic E-state index is 13.2. The van der Waals surface area contributed by atoms with E-state index in [0.717, 1.165) is 44.9 Å². The molecule has 2 aliphatic carbocycles. The Bertz CT molecular complexity index is 725. The lowest BCUT2D eigenvalue weighted by Crippen LogP contribution is -2.53. The van der Waals surface area contributed by atoms with Crippen molar-refractivity contribution in [3.63, 3.8) is 0 Å². The summed E-state index contributed by atoms with van der Waals surface area (Å²) in [5, 5.41) is 10.1. The molecule has 4 unspecified atom stereocenters. The van der Waals surface area contributed by atoms with Crippen LogP contribution in [0.5, 0.6) is 0 Å². The lowest BCUT2D eigenvalue weighted by atomic mass is 9.49. The van der Waals surface area contributed by atoms with Crippen molar-refractivity contribution in [1.29, 1.82) is 0 Å². The van der Waals surface area contributed by atoms with Crippen LogP contribution in [0.2, 0.25) is 0 Å². The van der Waals surface area contributed by atoms with E-state index < -0.39 is 11.5 Å². The first-order chi connectivity index (χ1) is 13.7. The van der Waals surface area contributed by atoms with Gasteiger partial charge in [0.15, 0.2) is 0 Å². The molecule has 0 bridgehead atoms. The van der Waals surface area contributed by atoms with Crippen molar-refractivity contribution >= 4 is 5.97 Å². The average molecular weight is 401 g/mol. The van der Waals surface area contributed by atoms with E-state index in [2.05, 4.69) is 52.8 Å². The van der Waals surface area contributed by atoms with Crippen molar-refractivity contribution in [2.24, 2.45) is 11.3 Å². The van der Waals surface area contributed by atoms with Crippen molar-refractivity contribution in [1.82, 2.24) is 0 Å². The van der Waals surface area contributed by atoms with Crippen LogP contribution in [0.15, 0.2) is 18.2 Å². The van der Waals surface area contributed by atoms with E-state index in [-0.39, 0.29) is 18.0 Å². The number of rotatable bonds is 7. The molecule has 3 heteroatoms. The maximum Gasteiger partial charge on any atom is 0.312 e. The number of aliphatic hydroxyl groups is 1.